The van der Waals surface area contributed by atoms with Crippen LogP contribution in [0.25, 0.3) is 0 Å². The molecule has 0 spiro atoms. The van der Waals surface area contributed by atoms with E-state index in [1.165, 1.54) is 25.9 Å². The molecule has 1 aliphatic rings. The zero-order valence-corrected chi connectivity index (χ0v) is 15.0. The third-order valence-corrected chi connectivity index (χ3v) is 7.36. The lowest BCUT2D eigenvalue weighted by atomic mass is 9.98. The summed E-state index contributed by atoms with van der Waals surface area (Å²) in [5, 5.41) is 0. The van der Waals surface area contributed by atoms with Crippen molar-refractivity contribution in [3.8, 4) is 0 Å². The fourth-order valence-electron chi connectivity index (χ4n) is 2.92. The molecule has 0 aliphatic carbocycles. The van der Waals surface area contributed by atoms with E-state index in [0.717, 1.165) is 12.0 Å². The number of likely N-dealkylation sites (tertiary alicyclic amines) is 1. The van der Waals surface area contributed by atoms with Gasteiger partial charge in [0.05, 0.1) is 0 Å². The number of piperidine rings is 1. The van der Waals surface area contributed by atoms with Gasteiger partial charge in [0, 0.05) is 31.9 Å². The molecule has 1 heterocycles. The zero-order valence-electron chi connectivity index (χ0n) is 14.0. The molecule has 4 nitrogen and oxygen atoms in total. The second kappa shape index (κ2) is 9.15. The van der Waals surface area contributed by atoms with Crippen LogP contribution < -0.4 is 0 Å². The second-order valence-electron chi connectivity index (χ2n) is 5.75. The van der Waals surface area contributed by atoms with Crippen LogP contribution >= 0.6 is 0 Å². The molecule has 0 aromatic heterocycles. The largest absolute Gasteiger partial charge is 0.502 e. The van der Waals surface area contributed by atoms with Gasteiger partial charge in [0.25, 0.3) is 0 Å². The Bertz CT molecular complexity index is 240. The average Bonchev–Trinajstić information content (AvgIpc) is 2.40. The summed E-state index contributed by atoms with van der Waals surface area (Å²) >= 11 is 0. The summed E-state index contributed by atoms with van der Waals surface area (Å²) in [4.78, 5) is 2.57. The molecule has 1 fully saturated rings. The van der Waals surface area contributed by atoms with Crippen LogP contribution in [0.4, 0.5) is 0 Å². The van der Waals surface area contributed by atoms with E-state index < -0.39 is 8.80 Å². The molecular weight excluding hydrogens is 270 g/mol. The number of rotatable bonds is 9. The van der Waals surface area contributed by atoms with Gasteiger partial charge in [-0.2, -0.15) is 0 Å². The first-order chi connectivity index (χ1) is 9.56. The summed E-state index contributed by atoms with van der Waals surface area (Å²) in [6, 6.07) is 1.37. The quantitative estimate of drug-likeness (QED) is 0.612. The molecule has 1 unspecified atom stereocenters. The number of hydrogen-bond acceptors (Lipinski definition) is 4. The number of hydrogen-bond donors (Lipinski definition) is 0. The highest BCUT2D eigenvalue weighted by molar-refractivity contribution is 6.60. The summed E-state index contributed by atoms with van der Waals surface area (Å²) in [6.07, 6.45) is 2.60. The van der Waals surface area contributed by atoms with Crippen molar-refractivity contribution in [1.29, 1.82) is 0 Å². The summed E-state index contributed by atoms with van der Waals surface area (Å²) in [5.41, 5.74) is 0. The molecule has 1 saturated heterocycles. The van der Waals surface area contributed by atoms with Crippen molar-refractivity contribution in [3.63, 3.8) is 0 Å². The molecule has 0 radical (unpaired) electrons. The first-order valence-corrected chi connectivity index (χ1v) is 10.2. The Balaban J connectivity index is 2.62. The summed E-state index contributed by atoms with van der Waals surface area (Å²) in [6.45, 7) is 15.1. The van der Waals surface area contributed by atoms with Crippen LogP contribution in [0.1, 0.15) is 47.5 Å². The van der Waals surface area contributed by atoms with Gasteiger partial charge in [0.15, 0.2) is 0 Å². The van der Waals surface area contributed by atoms with E-state index in [4.69, 9.17) is 13.3 Å². The summed E-state index contributed by atoms with van der Waals surface area (Å²) < 4.78 is 17.9. The van der Waals surface area contributed by atoms with Crippen LogP contribution in [0, 0.1) is 5.92 Å². The first-order valence-electron chi connectivity index (χ1n) is 8.22. The van der Waals surface area contributed by atoms with Gasteiger partial charge < -0.3 is 18.2 Å². The lowest BCUT2D eigenvalue weighted by Crippen LogP contribution is -2.52. The van der Waals surface area contributed by atoms with Crippen molar-refractivity contribution < 1.29 is 13.3 Å². The van der Waals surface area contributed by atoms with Gasteiger partial charge in [-0.05, 0) is 59.5 Å². The van der Waals surface area contributed by atoms with Crippen LogP contribution in [0.5, 0.6) is 0 Å². The molecule has 0 amide bonds. The predicted molar refractivity (Wildman–Crippen MR) is 84.9 cm³/mol. The Morgan fingerprint density at radius 3 is 1.85 bits per heavy atom. The SMILES string of the molecule is CCO[Si](CC(C)N1CCC(C)CC1)(OCC)OCC. The number of nitrogens with zero attached hydrogens (tertiary/aromatic N) is 1. The topological polar surface area (TPSA) is 30.9 Å². The van der Waals surface area contributed by atoms with Gasteiger partial charge in [0.2, 0.25) is 0 Å². The third-order valence-electron chi connectivity index (χ3n) is 4.08. The molecule has 1 rings (SSSR count). The normalized spacial score (nSPS) is 20.2. The van der Waals surface area contributed by atoms with E-state index in [-0.39, 0.29) is 0 Å². The predicted octanol–water partition coefficient (Wildman–Crippen LogP) is 3.16. The van der Waals surface area contributed by atoms with Gasteiger partial charge in [-0.1, -0.05) is 6.92 Å². The first kappa shape index (κ1) is 18.1. The Morgan fingerprint density at radius 1 is 1.00 bits per heavy atom. The highest BCUT2D eigenvalue weighted by atomic mass is 28.4. The maximum Gasteiger partial charge on any atom is 0.502 e. The van der Waals surface area contributed by atoms with Crippen LogP contribution in [0.15, 0.2) is 0 Å². The second-order valence-corrected chi connectivity index (χ2v) is 8.39. The Hall–Kier alpha value is 0.0569. The molecule has 0 aromatic carbocycles. The zero-order chi connectivity index (χ0) is 15.0. The maximum absolute atomic E-state index is 5.96. The van der Waals surface area contributed by atoms with E-state index in [1.54, 1.807) is 0 Å². The summed E-state index contributed by atoms with van der Waals surface area (Å²) in [7, 11) is -2.50. The van der Waals surface area contributed by atoms with Crippen molar-refractivity contribution in [2.24, 2.45) is 5.92 Å². The van der Waals surface area contributed by atoms with Gasteiger partial charge in [-0.15, -0.1) is 0 Å². The average molecular weight is 304 g/mol. The van der Waals surface area contributed by atoms with E-state index in [0.29, 0.717) is 25.9 Å². The van der Waals surface area contributed by atoms with Crippen molar-refractivity contribution in [2.75, 3.05) is 32.9 Å². The molecule has 120 valence electrons. The van der Waals surface area contributed by atoms with E-state index in [1.807, 2.05) is 20.8 Å². The molecule has 20 heavy (non-hydrogen) atoms. The smallest absolute Gasteiger partial charge is 0.374 e. The summed E-state index contributed by atoms with van der Waals surface area (Å²) in [5.74, 6) is 0.867. The van der Waals surface area contributed by atoms with Gasteiger partial charge in [-0.3, -0.25) is 0 Å². The Morgan fingerprint density at radius 2 is 1.45 bits per heavy atom. The fourth-order valence-corrected chi connectivity index (χ4v) is 5.83. The minimum absolute atomic E-state index is 0.471. The Labute approximate surface area is 126 Å². The van der Waals surface area contributed by atoms with Crippen molar-refractivity contribution in [2.45, 2.75) is 59.5 Å². The van der Waals surface area contributed by atoms with Crippen LogP contribution in [-0.2, 0) is 13.3 Å². The van der Waals surface area contributed by atoms with Crippen molar-refractivity contribution in [1.82, 2.24) is 4.90 Å². The molecule has 1 atom stereocenters. The highest BCUT2D eigenvalue weighted by Crippen LogP contribution is 2.25. The highest BCUT2D eigenvalue weighted by Gasteiger charge is 2.43. The molecule has 5 heteroatoms. The molecule has 0 saturated carbocycles. The molecule has 1 aliphatic heterocycles. The van der Waals surface area contributed by atoms with E-state index in [9.17, 15) is 0 Å². The van der Waals surface area contributed by atoms with E-state index >= 15 is 0 Å². The van der Waals surface area contributed by atoms with Crippen molar-refractivity contribution in [3.05, 3.63) is 0 Å². The van der Waals surface area contributed by atoms with E-state index in [2.05, 4.69) is 18.7 Å². The standard InChI is InChI=1S/C15H33NO3Si/c1-6-17-20(18-7-2,19-8-3)13-15(5)16-11-9-14(4)10-12-16/h14-15H,6-13H2,1-5H3. The fraction of sp³-hybridized carbons (Fsp3) is 1.00. The third kappa shape index (κ3) is 5.45. The monoisotopic (exact) mass is 303 g/mol. The molecule has 0 bridgehead atoms. The molecular formula is C15H33NO3Si. The maximum atomic E-state index is 5.96. The lowest BCUT2D eigenvalue weighted by Gasteiger charge is -2.38. The van der Waals surface area contributed by atoms with Gasteiger partial charge >= 0.3 is 8.80 Å². The molecule has 0 aromatic rings. The van der Waals surface area contributed by atoms with Crippen LogP contribution in [0.2, 0.25) is 6.04 Å². The van der Waals surface area contributed by atoms with Gasteiger partial charge in [0.1, 0.15) is 0 Å². The molecule has 0 N–H and O–H groups in total. The lowest BCUT2D eigenvalue weighted by molar-refractivity contribution is 0.0588. The Kier molecular flexibility index (Phi) is 8.29. The van der Waals surface area contributed by atoms with Crippen LogP contribution in [-0.4, -0.2) is 52.7 Å². The van der Waals surface area contributed by atoms with Crippen LogP contribution in [0.3, 0.4) is 0 Å². The minimum atomic E-state index is -2.50. The van der Waals surface area contributed by atoms with Gasteiger partial charge in [-0.25, -0.2) is 0 Å². The van der Waals surface area contributed by atoms with Crippen molar-refractivity contribution >= 4 is 8.80 Å². The minimum Gasteiger partial charge on any atom is -0.374 e.